The average molecular weight is 330 g/mol. The van der Waals surface area contributed by atoms with Gasteiger partial charge in [-0.05, 0) is 68.6 Å². The summed E-state index contributed by atoms with van der Waals surface area (Å²) >= 11 is 0. The fourth-order valence-corrected chi connectivity index (χ4v) is 8.15. The summed E-state index contributed by atoms with van der Waals surface area (Å²) in [5, 5.41) is 0. The Balaban J connectivity index is 1.20. The second-order valence-corrected chi connectivity index (χ2v) is 9.85. The molecular formula is C20H26O4. The molecule has 6 fully saturated rings. The van der Waals surface area contributed by atoms with Gasteiger partial charge in [0, 0.05) is 11.8 Å². The molecule has 0 amide bonds. The van der Waals surface area contributed by atoms with Crippen LogP contribution in [0.5, 0.6) is 0 Å². The van der Waals surface area contributed by atoms with Gasteiger partial charge in [-0.2, -0.15) is 0 Å². The molecule has 4 nitrogen and oxygen atoms in total. The minimum absolute atomic E-state index is 0.0539. The summed E-state index contributed by atoms with van der Waals surface area (Å²) in [4.78, 5) is 24.5. The zero-order valence-corrected chi connectivity index (χ0v) is 14.4. The van der Waals surface area contributed by atoms with E-state index in [0.29, 0.717) is 41.4 Å². The maximum absolute atomic E-state index is 12.3. The van der Waals surface area contributed by atoms with Gasteiger partial charge in [-0.1, -0.05) is 6.92 Å². The second kappa shape index (κ2) is 4.19. The Bertz CT molecular complexity index is 644. The van der Waals surface area contributed by atoms with Gasteiger partial charge in [0.05, 0.1) is 11.3 Å². The first-order valence-corrected chi connectivity index (χ1v) is 9.90. The molecule has 11 atom stereocenters. The zero-order valence-electron chi connectivity index (χ0n) is 14.4. The summed E-state index contributed by atoms with van der Waals surface area (Å²) in [6.45, 7) is 4.39. The van der Waals surface area contributed by atoms with Gasteiger partial charge >= 0.3 is 11.9 Å². The molecule has 6 rings (SSSR count). The summed E-state index contributed by atoms with van der Waals surface area (Å²) < 4.78 is 11.5. The predicted molar refractivity (Wildman–Crippen MR) is 84.5 cm³/mol. The highest BCUT2D eigenvalue weighted by atomic mass is 16.6. The predicted octanol–water partition coefficient (Wildman–Crippen LogP) is 2.80. The van der Waals surface area contributed by atoms with Crippen LogP contribution in [0.2, 0.25) is 0 Å². The molecule has 4 bridgehead atoms. The van der Waals surface area contributed by atoms with Crippen molar-refractivity contribution in [3.05, 3.63) is 0 Å². The van der Waals surface area contributed by atoms with Gasteiger partial charge in [-0.25, -0.2) is 0 Å². The third-order valence-corrected chi connectivity index (χ3v) is 9.18. The Hall–Kier alpha value is -1.06. The normalized spacial score (nSPS) is 61.8. The summed E-state index contributed by atoms with van der Waals surface area (Å²) in [6, 6.07) is 0. The van der Waals surface area contributed by atoms with Crippen LogP contribution in [-0.2, 0) is 19.1 Å². The van der Waals surface area contributed by atoms with Crippen LogP contribution in [0.1, 0.15) is 46.0 Å². The molecule has 2 aliphatic heterocycles. The largest absolute Gasteiger partial charge is 0.462 e. The monoisotopic (exact) mass is 330 g/mol. The van der Waals surface area contributed by atoms with Gasteiger partial charge in [0.1, 0.15) is 12.2 Å². The third-order valence-electron chi connectivity index (χ3n) is 9.18. The number of hydrogen-bond acceptors (Lipinski definition) is 4. The van der Waals surface area contributed by atoms with Crippen molar-refractivity contribution in [1.29, 1.82) is 0 Å². The summed E-state index contributed by atoms with van der Waals surface area (Å²) in [5.74, 6) is 4.18. The molecule has 2 heterocycles. The van der Waals surface area contributed by atoms with Gasteiger partial charge in [0.25, 0.3) is 0 Å². The molecule has 8 unspecified atom stereocenters. The Labute approximate surface area is 142 Å². The number of carbonyl (C=O) groups excluding carboxylic acids is 2. The standard InChI is InChI=1S/C20H26O4/c1-8-12-6-13-15(18(21)23-16(8)13)11(12)4-3-10-9-5-14-17(10)24-19(22)20(14,2)7-9/h8-17H,3-7H2,1-2H3/t8-,9?,10?,11+,12?,13?,14?,15?,16?,17?,20-/m1/s1. The fraction of sp³-hybridized carbons (Fsp3) is 0.900. The Kier molecular flexibility index (Phi) is 2.47. The van der Waals surface area contributed by atoms with Crippen molar-refractivity contribution in [2.24, 2.45) is 52.8 Å². The van der Waals surface area contributed by atoms with Crippen LogP contribution < -0.4 is 0 Å². The lowest BCUT2D eigenvalue weighted by atomic mass is 9.68. The van der Waals surface area contributed by atoms with Crippen LogP contribution in [0.4, 0.5) is 0 Å². The van der Waals surface area contributed by atoms with Crippen LogP contribution in [-0.4, -0.2) is 24.1 Å². The van der Waals surface area contributed by atoms with Gasteiger partial charge in [0.2, 0.25) is 0 Å². The highest BCUT2D eigenvalue weighted by Crippen LogP contribution is 2.66. The van der Waals surface area contributed by atoms with E-state index in [4.69, 9.17) is 9.47 Å². The summed E-state index contributed by atoms with van der Waals surface area (Å²) in [5.41, 5.74) is -0.185. The molecular weight excluding hydrogens is 304 g/mol. The van der Waals surface area contributed by atoms with Crippen molar-refractivity contribution >= 4 is 11.9 Å². The van der Waals surface area contributed by atoms with Crippen molar-refractivity contribution in [1.82, 2.24) is 0 Å². The van der Waals surface area contributed by atoms with Gasteiger partial charge < -0.3 is 9.47 Å². The molecule has 130 valence electrons. The molecule has 0 N–H and O–H groups in total. The summed E-state index contributed by atoms with van der Waals surface area (Å²) in [7, 11) is 0. The van der Waals surface area contributed by atoms with E-state index in [1.54, 1.807) is 0 Å². The number of esters is 2. The summed E-state index contributed by atoms with van der Waals surface area (Å²) in [6.07, 6.45) is 6.03. The van der Waals surface area contributed by atoms with Crippen LogP contribution in [0.25, 0.3) is 0 Å². The van der Waals surface area contributed by atoms with E-state index in [1.165, 1.54) is 12.8 Å². The first kappa shape index (κ1) is 14.1. The Morgan fingerprint density at radius 3 is 2.67 bits per heavy atom. The van der Waals surface area contributed by atoms with Gasteiger partial charge in [-0.3, -0.25) is 9.59 Å². The van der Waals surface area contributed by atoms with E-state index in [2.05, 4.69) is 13.8 Å². The van der Waals surface area contributed by atoms with Crippen molar-refractivity contribution in [3.8, 4) is 0 Å². The van der Waals surface area contributed by atoms with Crippen LogP contribution >= 0.6 is 0 Å². The fourth-order valence-electron chi connectivity index (χ4n) is 8.15. The van der Waals surface area contributed by atoms with Crippen molar-refractivity contribution < 1.29 is 19.1 Å². The molecule has 24 heavy (non-hydrogen) atoms. The first-order chi connectivity index (χ1) is 11.5. The topological polar surface area (TPSA) is 52.6 Å². The number of fused-ring (bicyclic) bond motifs is 2. The molecule has 0 aromatic carbocycles. The quantitative estimate of drug-likeness (QED) is 0.747. The Morgan fingerprint density at radius 2 is 1.83 bits per heavy atom. The smallest absolute Gasteiger partial charge is 0.312 e. The van der Waals surface area contributed by atoms with E-state index in [-0.39, 0.29) is 35.5 Å². The van der Waals surface area contributed by atoms with E-state index in [9.17, 15) is 9.59 Å². The van der Waals surface area contributed by atoms with Gasteiger partial charge in [-0.15, -0.1) is 0 Å². The lowest BCUT2D eigenvalue weighted by molar-refractivity contribution is -0.148. The number of ether oxygens (including phenoxy) is 2. The molecule has 4 heteroatoms. The number of carbonyl (C=O) groups is 2. The second-order valence-electron chi connectivity index (χ2n) is 9.85. The highest BCUT2D eigenvalue weighted by Gasteiger charge is 2.68. The minimum Gasteiger partial charge on any atom is -0.462 e. The molecule has 0 spiro atoms. The maximum atomic E-state index is 12.3. The molecule has 0 aromatic heterocycles. The Morgan fingerprint density at radius 1 is 1.04 bits per heavy atom. The van der Waals surface area contributed by atoms with Crippen LogP contribution in [0.3, 0.4) is 0 Å². The highest BCUT2D eigenvalue weighted by molar-refractivity contribution is 5.80. The van der Waals surface area contributed by atoms with Crippen molar-refractivity contribution in [3.63, 3.8) is 0 Å². The minimum atomic E-state index is -0.185. The SMILES string of the molecule is C[C@H]1C2OC(=O)C3C2CC1[C@@H]3CCC1C2CC3C1OC(=O)[C@]3(C)C2. The molecule has 6 aliphatic rings. The van der Waals surface area contributed by atoms with E-state index < -0.39 is 0 Å². The number of rotatable bonds is 3. The van der Waals surface area contributed by atoms with Gasteiger partial charge in [0.15, 0.2) is 0 Å². The molecule has 4 saturated carbocycles. The van der Waals surface area contributed by atoms with Crippen LogP contribution in [0, 0.1) is 52.8 Å². The lowest BCUT2D eigenvalue weighted by Gasteiger charge is -2.33. The lowest BCUT2D eigenvalue weighted by Crippen LogP contribution is -2.35. The molecule has 0 aromatic rings. The first-order valence-electron chi connectivity index (χ1n) is 9.90. The van der Waals surface area contributed by atoms with E-state index in [1.807, 2.05) is 0 Å². The van der Waals surface area contributed by atoms with E-state index >= 15 is 0 Å². The zero-order chi connectivity index (χ0) is 16.4. The molecule has 0 radical (unpaired) electrons. The van der Waals surface area contributed by atoms with E-state index in [0.717, 1.165) is 19.3 Å². The van der Waals surface area contributed by atoms with Crippen molar-refractivity contribution in [2.45, 2.75) is 58.2 Å². The van der Waals surface area contributed by atoms with Crippen molar-refractivity contribution in [2.75, 3.05) is 0 Å². The maximum Gasteiger partial charge on any atom is 0.312 e. The molecule has 2 saturated heterocycles. The average Bonchev–Trinajstić information content (AvgIpc) is 3.29. The molecule has 4 aliphatic carbocycles. The third kappa shape index (κ3) is 1.41. The number of hydrogen-bond donors (Lipinski definition) is 0. The van der Waals surface area contributed by atoms with Crippen LogP contribution in [0.15, 0.2) is 0 Å².